The second-order valence-corrected chi connectivity index (χ2v) is 4.44. The third-order valence-corrected chi connectivity index (χ3v) is 2.72. The van der Waals surface area contributed by atoms with Gasteiger partial charge in [-0.15, -0.1) is 0 Å². The number of benzene rings is 1. The number of rotatable bonds is 10. The van der Waals surface area contributed by atoms with Crippen LogP contribution in [0.25, 0.3) is 0 Å². The van der Waals surface area contributed by atoms with E-state index < -0.39 is 0 Å². The van der Waals surface area contributed by atoms with Crippen molar-refractivity contribution in [1.29, 1.82) is 0 Å². The van der Waals surface area contributed by atoms with Gasteiger partial charge in [0.1, 0.15) is 11.5 Å². The van der Waals surface area contributed by atoms with Gasteiger partial charge in [0.2, 0.25) is 5.91 Å². The van der Waals surface area contributed by atoms with Gasteiger partial charge in [-0.3, -0.25) is 9.59 Å². The van der Waals surface area contributed by atoms with Crippen LogP contribution in [-0.4, -0.2) is 52.3 Å². The van der Waals surface area contributed by atoms with Gasteiger partial charge in [-0.05, 0) is 30.7 Å². The third kappa shape index (κ3) is 7.49. The fourth-order valence-electron chi connectivity index (χ4n) is 1.56. The van der Waals surface area contributed by atoms with E-state index in [1.54, 1.807) is 38.5 Å². The summed E-state index contributed by atoms with van der Waals surface area (Å²) in [5, 5.41) is 5.16. The van der Waals surface area contributed by atoms with Crippen LogP contribution in [0.15, 0.2) is 24.3 Å². The van der Waals surface area contributed by atoms with E-state index in [2.05, 4.69) is 10.6 Å². The first-order valence-electron chi connectivity index (χ1n) is 6.95. The van der Waals surface area contributed by atoms with Crippen LogP contribution in [-0.2, 0) is 14.3 Å². The molecule has 0 aliphatic heterocycles. The normalized spacial score (nSPS) is 9.91. The summed E-state index contributed by atoms with van der Waals surface area (Å²) in [6.45, 7) is 0.883. The highest BCUT2D eigenvalue weighted by molar-refractivity contribution is 5.85. The lowest BCUT2D eigenvalue weighted by molar-refractivity contribution is -0.127. The molecule has 1 aromatic rings. The Morgan fingerprint density at radius 1 is 1.00 bits per heavy atom. The molecule has 0 fully saturated rings. The summed E-state index contributed by atoms with van der Waals surface area (Å²) in [6, 6.07) is 6.88. The minimum absolute atomic E-state index is 0.0716. The predicted octanol–water partition coefficient (Wildman–Crippen LogP) is 0.343. The molecule has 7 nitrogen and oxygen atoms in total. The molecule has 2 amide bonds. The molecule has 1 rings (SSSR count). The minimum Gasteiger partial charge on any atom is -0.497 e. The van der Waals surface area contributed by atoms with Crippen molar-refractivity contribution in [3.8, 4) is 11.5 Å². The van der Waals surface area contributed by atoms with Gasteiger partial charge in [0.25, 0.3) is 5.91 Å². The molecule has 0 aliphatic rings. The van der Waals surface area contributed by atoms with E-state index >= 15 is 0 Å². The quantitative estimate of drug-likeness (QED) is 0.609. The van der Waals surface area contributed by atoms with Crippen LogP contribution in [0.1, 0.15) is 6.42 Å². The number of carbonyl (C=O) groups excluding carboxylic acids is 2. The largest absolute Gasteiger partial charge is 0.497 e. The van der Waals surface area contributed by atoms with Gasteiger partial charge in [0, 0.05) is 20.3 Å². The first kappa shape index (κ1) is 17.8. The van der Waals surface area contributed by atoms with Gasteiger partial charge in [-0.2, -0.15) is 0 Å². The zero-order valence-corrected chi connectivity index (χ0v) is 12.9. The maximum Gasteiger partial charge on any atom is 0.258 e. The highest BCUT2D eigenvalue weighted by Crippen LogP contribution is 2.16. The van der Waals surface area contributed by atoms with Crippen LogP contribution in [0, 0.1) is 0 Å². The van der Waals surface area contributed by atoms with Crippen molar-refractivity contribution in [2.75, 3.05) is 40.5 Å². The Hall–Kier alpha value is -2.28. The van der Waals surface area contributed by atoms with Gasteiger partial charge < -0.3 is 24.8 Å². The average Bonchev–Trinajstić information content (AvgIpc) is 2.55. The molecule has 0 saturated heterocycles. The number of carbonyl (C=O) groups is 2. The highest BCUT2D eigenvalue weighted by atomic mass is 16.5. The van der Waals surface area contributed by atoms with E-state index in [1.807, 2.05) is 0 Å². The second-order valence-electron chi connectivity index (χ2n) is 4.44. The number of nitrogens with one attached hydrogen (secondary N) is 2. The fraction of sp³-hybridized carbons (Fsp3) is 0.467. The van der Waals surface area contributed by atoms with Crippen molar-refractivity contribution in [3.63, 3.8) is 0 Å². The Kier molecular flexibility index (Phi) is 8.44. The van der Waals surface area contributed by atoms with Crippen molar-refractivity contribution in [2.24, 2.45) is 0 Å². The maximum atomic E-state index is 11.6. The summed E-state index contributed by atoms with van der Waals surface area (Å²) in [5.41, 5.74) is 0. The Morgan fingerprint density at radius 2 is 1.68 bits per heavy atom. The molecular formula is C15H22N2O5. The fourth-order valence-corrected chi connectivity index (χ4v) is 1.56. The molecule has 0 atom stereocenters. The van der Waals surface area contributed by atoms with Gasteiger partial charge in [-0.25, -0.2) is 0 Å². The maximum absolute atomic E-state index is 11.6. The minimum atomic E-state index is -0.358. The lowest BCUT2D eigenvalue weighted by Gasteiger charge is -2.08. The van der Waals surface area contributed by atoms with E-state index in [-0.39, 0.29) is 25.0 Å². The SMILES string of the molecule is COCCCNC(=O)CNC(=O)COc1ccc(OC)cc1. The Labute approximate surface area is 129 Å². The van der Waals surface area contributed by atoms with Crippen LogP contribution in [0.2, 0.25) is 0 Å². The summed E-state index contributed by atoms with van der Waals surface area (Å²) >= 11 is 0. The molecule has 0 radical (unpaired) electrons. The molecule has 22 heavy (non-hydrogen) atoms. The number of hydrogen-bond acceptors (Lipinski definition) is 5. The van der Waals surface area contributed by atoms with Crippen LogP contribution < -0.4 is 20.1 Å². The molecule has 122 valence electrons. The topological polar surface area (TPSA) is 85.9 Å². The monoisotopic (exact) mass is 310 g/mol. The molecule has 7 heteroatoms. The van der Waals surface area contributed by atoms with Gasteiger partial charge in [-0.1, -0.05) is 0 Å². The van der Waals surface area contributed by atoms with Crippen molar-refractivity contribution in [1.82, 2.24) is 10.6 Å². The second kappa shape index (κ2) is 10.4. The summed E-state index contributed by atoms with van der Waals surface area (Å²) in [4.78, 5) is 23.0. The van der Waals surface area contributed by atoms with Crippen molar-refractivity contribution >= 4 is 11.8 Å². The highest BCUT2D eigenvalue weighted by Gasteiger charge is 2.06. The Bertz CT molecular complexity index is 462. The van der Waals surface area contributed by atoms with Crippen LogP contribution in [0.4, 0.5) is 0 Å². The average molecular weight is 310 g/mol. The lowest BCUT2D eigenvalue weighted by atomic mass is 10.3. The summed E-state index contributed by atoms with van der Waals surface area (Å²) in [7, 11) is 3.18. The molecule has 0 saturated carbocycles. The smallest absolute Gasteiger partial charge is 0.258 e. The Morgan fingerprint density at radius 3 is 2.32 bits per heavy atom. The molecule has 0 aliphatic carbocycles. The molecule has 0 spiro atoms. The molecule has 1 aromatic carbocycles. The van der Waals surface area contributed by atoms with Crippen LogP contribution in [0.5, 0.6) is 11.5 Å². The van der Waals surface area contributed by atoms with Gasteiger partial charge in [0.15, 0.2) is 6.61 Å². The van der Waals surface area contributed by atoms with Crippen LogP contribution in [0.3, 0.4) is 0 Å². The molecule has 0 heterocycles. The summed E-state index contributed by atoms with van der Waals surface area (Å²) in [5.74, 6) is 0.665. The number of ether oxygens (including phenoxy) is 3. The van der Waals surface area contributed by atoms with E-state index in [4.69, 9.17) is 14.2 Å². The van der Waals surface area contributed by atoms with Crippen LogP contribution >= 0.6 is 0 Å². The zero-order valence-electron chi connectivity index (χ0n) is 12.9. The van der Waals surface area contributed by atoms with E-state index in [0.717, 1.165) is 6.42 Å². The standard InChI is InChI=1S/C15H22N2O5/c1-20-9-3-8-16-14(18)10-17-15(19)11-22-13-6-4-12(21-2)5-7-13/h4-7H,3,8-11H2,1-2H3,(H,16,18)(H,17,19). The van der Waals surface area contributed by atoms with Crippen molar-refractivity contribution < 1.29 is 23.8 Å². The van der Waals surface area contributed by atoms with E-state index in [9.17, 15) is 9.59 Å². The zero-order chi connectivity index (χ0) is 16.2. The van der Waals surface area contributed by atoms with Crippen molar-refractivity contribution in [3.05, 3.63) is 24.3 Å². The molecule has 0 unspecified atom stereocenters. The summed E-state index contributed by atoms with van der Waals surface area (Å²) in [6.07, 6.45) is 0.733. The van der Waals surface area contributed by atoms with Gasteiger partial charge in [0.05, 0.1) is 13.7 Å². The Balaban J connectivity index is 2.16. The van der Waals surface area contributed by atoms with E-state index in [0.29, 0.717) is 24.7 Å². The van der Waals surface area contributed by atoms with Gasteiger partial charge >= 0.3 is 0 Å². The first-order chi connectivity index (χ1) is 10.7. The number of amides is 2. The predicted molar refractivity (Wildman–Crippen MR) is 81.0 cm³/mol. The molecule has 2 N–H and O–H groups in total. The molecule has 0 bridgehead atoms. The number of hydrogen-bond donors (Lipinski definition) is 2. The van der Waals surface area contributed by atoms with E-state index in [1.165, 1.54) is 0 Å². The van der Waals surface area contributed by atoms with Crippen molar-refractivity contribution in [2.45, 2.75) is 6.42 Å². The third-order valence-electron chi connectivity index (χ3n) is 2.72. The molecular weight excluding hydrogens is 288 g/mol. The summed E-state index contributed by atoms with van der Waals surface area (Å²) < 4.78 is 15.2. The first-order valence-corrected chi connectivity index (χ1v) is 6.95. The lowest BCUT2D eigenvalue weighted by Crippen LogP contribution is -2.39. The number of methoxy groups -OCH3 is 2. The molecule has 0 aromatic heterocycles.